The number of guanidine groups is 1. The minimum Gasteiger partial charge on any atom is -0.491 e. The van der Waals surface area contributed by atoms with Crippen molar-refractivity contribution in [2.45, 2.75) is 26.9 Å². The number of rotatable bonds is 10. The van der Waals surface area contributed by atoms with Crippen molar-refractivity contribution in [2.24, 2.45) is 4.99 Å². The molecule has 2 N–H and O–H groups in total. The van der Waals surface area contributed by atoms with Gasteiger partial charge in [-0.25, -0.2) is 9.67 Å². The fourth-order valence-electron chi connectivity index (χ4n) is 2.98. The van der Waals surface area contributed by atoms with Crippen molar-refractivity contribution in [3.05, 3.63) is 71.7 Å². The highest BCUT2D eigenvalue weighted by molar-refractivity contribution is 5.79. The summed E-state index contributed by atoms with van der Waals surface area (Å²) >= 11 is 0. The van der Waals surface area contributed by atoms with E-state index in [-0.39, 0.29) is 0 Å². The molecule has 8 heteroatoms. The molecule has 0 aliphatic heterocycles. The number of pyridine rings is 1. The Bertz CT molecular complexity index is 972. The molecule has 0 atom stereocenters. The average molecular weight is 423 g/mol. The van der Waals surface area contributed by atoms with Crippen LogP contribution in [-0.4, -0.2) is 47.6 Å². The Hall–Kier alpha value is -3.39. The molecule has 2 aromatic heterocycles. The number of hydrogen-bond acceptors (Lipinski definition) is 5. The maximum Gasteiger partial charge on any atom is 0.191 e. The van der Waals surface area contributed by atoms with Gasteiger partial charge in [0.2, 0.25) is 0 Å². The molecular formula is C23H30N6O2. The molecule has 0 saturated carbocycles. The van der Waals surface area contributed by atoms with Gasteiger partial charge in [0.15, 0.2) is 11.8 Å². The van der Waals surface area contributed by atoms with Gasteiger partial charge in [0.1, 0.15) is 12.4 Å². The molecule has 0 radical (unpaired) electrons. The van der Waals surface area contributed by atoms with Gasteiger partial charge in [0, 0.05) is 50.9 Å². The number of nitrogens with zero attached hydrogens (tertiary/aromatic N) is 4. The molecule has 0 spiro atoms. The number of aryl methyl sites for hydroxylation is 1. The quantitative estimate of drug-likeness (QED) is 0.297. The Morgan fingerprint density at radius 3 is 2.74 bits per heavy atom. The first-order valence-electron chi connectivity index (χ1n) is 10.4. The zero-order valence-electron chi connectivity index (χ0n) is 18.3. The van der Waals surface area contributed by atoms with Crippen LogP contribution in [-0.2, 0) is 17.8 Å². The van der Waals surface area contributed by atoms with Gasteiger partial charge in [0.25, 0.3) is 0 Å². The molecule has 3 rings (SSSR count). The fraction of sp³-hybridized carbons (Fsp3) is 0.348. The van der Waals surface area contributed by atoms with Crippen molar-refractivity contribution in [1.82, 2.24) is 25.4 Å². The Labute approximate surface area is 183 Å². The van der Waals surface area contributed by atoms with E-state index < -0.39 is 0 Å². The van der Waals surface area contributed by atoms with Crippen LogP contribution in [0.25, 0.3) is 5.82 Å². The summed E-state index contributed by atoms with van der Waals surface area (Å²) in [5, 5.41) is 10.9. The van der Waals surface area contributed by atoms with Crippen LogP contribution in [0.15, 0.2) is 60.0 Å². The largest absolute Gasteiger partial charge is 0.491 e. The Morgan fingerprint density at radius 1 is 1.10 bits per heavy atom. The van der Waals surface area contributed by atoms with Gasteiger partial charge >= 0.3 is 0 Å². The third-order valence-electron chi connectivity index (χ3n) is 4.59. The van der Waals surface area contributed by atoms with Crippen LogP contribution in [0.3, 0.4) is 0 Å². The minimum atomic E-state index is 0.526. The molecule has 2 heterocycles. The average Bonchev–Trinajstić information content (AvgIpc) is 3.33. The van der Waals surface area contributed by atoms with E-state index >= 15 is 0 Å². The molecule has 31 heavy (non-hydrogen) atoms. The molecular weight excluding hydrogens is 392 g/mol. The van der Waals surface area contributed by atoms with Gasteiger partial charge in [0.05, 0.1) is 6.61 Å². The molecule has 0 bridgehead atoms. The van der Waals surface area contributed by atoms with Crippen LogP contribution in [0, 0.1) is 6.92 Å². The fourth-order valence-corrected chi connectivity index (χ4v) is 2.98. The van der Waals surface area contributed by atoms with E-state index in [0.717, 1.165) is 28.3 Å². The molecule has 1 aromatic carbocycles. The van der Waals surface area contributed by atoms with Crippen molar-refractivity contribution in [3.63, 3.8) is 0 Å². The lowest BCUT2D eigenvalue weighted by molar-refractivity contribution is 0.110. The van der Waals surface area contributed by atoms with Gasteiger partial charge in [-0.05, 0) is 49.2 Å². The van der Waals surface area contributed by atoms with Crippen molar-refractivity contribution >= 4 is 5.96 Å². The molecule has 0 saturated heterocycles. The van der Waals surface area contributed by atoms with Gasteiger partial charge < -0.3 is 20.1 Å². The monoisotopic (exact) mass is 422 g/mol. The predicted octanol–water partition coefficient (Wildman–Crippen LogP) is 2.86. The van der Waals surface area contributed by atoms with E-state index in [4.69, 9.17) is 9.47 Å². The van der Waals surface area contributed by atoms with Gasteiger partial charge in [-0.2, -0.15) is 5.10 Å². The Balaban J connectivity index is 1.56. The van der Waals surface area contributed by atoms with Gasteiger partial charge in [-0.1, -0.05) is 12.1 Å². The second kappa shape index (κ2) is 11.7. The maximum atomic E-state index is 5.92. The van der Waals surface area contributed by atoms with E-state index in [1.165, 1.54) is 0 Å². The van der Waals surface area contributed by atoms with Crippen LogP contribution in [0.4, 0.5) is 0 Å². The number of nitrogens with one attached hydrogen (secondary N) is 2. The molecule has 0 fully saturated rings. The second-order valence-electron chi connectivity index (χ2n) is 6.91. The molecule has 8 nitrogen and oxygen atoms in total. The normalized spacial score (nSPS) is 11.4. The molecule has 0 amide bonds. The van der Waals surface area contributed by atoms with Crippen LogP contribution in [0.2, 0.25) is 0 Å². The SMILES string of the molecule is CCOCCOc1cc(C)ccc1CNC(=NC)NCc1ccnc(-n2cccn2)c1. The third kappa shape index (κ3) is 6.82. The molecule has 0 aliphatic rings. The lowest BCUT2D eigenvalue weighted by Gasteiger charge is -2.16. The summed E-state index contributed by atoms with van der Waals surface area (Å²) in [5.41, 5.74) is 3.30. The topological polar surface area (TPSA) is 85.6 Å². The molecule has 0 unspecified atom stereocenters. The zero-order chi connectivity index (χ0) is 21.9. The second-order valence-corrected chi connectivity index (χ2v) is 6.91. The van der Waals surface area contributed by atoms with Crippen LogP contribution < -0.4 is 15.4 Å². The minimum absolute atomic E-state index is 0.526. The van der Waals surface area contributed by atoms with Crippen LogP contribution in [0.5, 0.6) is 5.75 Å². The predicted molar refractivity (Wildman–Crippen MR) is 122 cm³/mol. The zero-order valence-corrected chi connectivity index (χ0v) is 18.3. The number of ether oxygens (including phenoxy) is 2. The van der Waals surface area contributed by atoms with Crippen molar-refractivity contribution in [3.8, 4) is 11.6 Å². The van der Waals surface area contributed by atoms with Crippen LogP contribution in [0.1, 0.15) is 23.6 Å². The highest BCUT2D eigenvalue weighted by Gasteiger charge is 2.07. The molecule has 3 aromatic rings. The van der Waals surface area contributed by atoms with Gasteiger partial charge in [-0.3, -0.25) is 4.99 Å². The molecule has 164 valence electrons. The van der Waals surface area contributed by atoms with E-state index in [1.54, 1.807) is 24.1 Å². The first kappa shape index (κ1) is 22.3. The van der Waals surface area contributed by atoms with Crippen molar-refractivity contribution in [1.29, 1.82) is 0 Å². The van der Waals surface area contributed by atoms with E-state index in [9.17, 15) is 0 Å². The van der Waals surface area contributed by atoms with Crippen molar-refractivity contribution < 1.29 is 9.47 Å². The third-order valence-corrected chi connectivity index (χ3v) is 4.59. The highest BCUT2D eigenvalue weighted by atomic mass is 16.5. The highest BCUT2D eigenvalue weighted by Crippen LogP contribution is 2.20. The summed E-state index contributed by atoms with van der Waals surface area (Å²) in [6.07, 6.45) is 5.39. The lowest BCUT2D eigenvalue weighted by Crippen LogP contribution is -2.36. The van der Waals surface area contributed by atoms with E-state index in [2.05, 4.69) is 44.8 Å². The summed E-state index contributed by atoms with van der Waals surface area (Å²) in [6.45, 7) is 7.03. The Kier molecular flexibility index (Phi) is 8.42. The number of aliphatic imine (C=N–C) groups is 1. The molecule has 0 aliphatic carbocycles. The van der Waals surface area contributed by atoms with Gasteiger partial charge in [-0.15, -0.1) is 0 Å². The van der Waals surface area contributed by atoms with E-state index in [1.807, 2.05) is 37.4 Å². The van der Waals surface area contributed by atoms with Crippen LogP contribution >= 0.6 is 0 Å². The smallest absolute Gasteiger partial charge is 0.191 e. The number of benzene rings is 1. The summed E-state index contributed by atoms with van der Waals surface area (Å²) in [7, 11) is 1.76. The maximum absolute atomic E-state index is 5.92. The summed E-state index contributed by atoms with van der Waals surface area (Å²) in [4.78, 5) is 8.69. The van der Waals surface area contributed by atoms with Crippen molar-refractivity contribution in [2.75, 3.05) is 26.9 Å². The standard InChI is InChI=1S/C23H30N6O2/c1-4-30-12-13-31-21-14-18(2)6-7-20(21)17-27-23(24-3)26-16-19-8-10-25-22(15-19)29-11-5-9-28-29/h5-11,14-15H,4,12-13,16-17H2,1-3H3,(H2,24,26,27). The number of aromatic nitrogens is 3. The summed E-state index contributed by atoms with van der Waals surface area (Å²) in [6, 6.07) is 12.0. The van der Waals surface area contributed by atoms with E-state index in [0.29, 0.717) is 38.9 Å². The first-order valence-corrected chi connectivity index (χ1v) is 10.4. The first-order chi connectivity index (χ1) is 15.2. The number of hydrogen-bond donors (Lipinski definition) is 2. The lowest BCUT2D eigenvalue weighted by atomic mass is 10.1. The summed E-state index contributed by atoms with van der Waals surface area (Å²) in [5.74, 6) is 2.35. The Morgan fingerprint density at radius 2 is 1.97 bits per heavy atom. The summed E-state index contributed by atoms with van der Waals surface area (Å²) < 4.78 is 13.0.